The highest BCUT2D eigenvalue weighted by molar-refractivity contribution is 6.29. The number of carbonyl (C=O) groups excluding carboxylic acids is 2. The van der Waals surface area contributed by atoms with Crippen LogP contribution in [0.2, 0.25) is 5.15 Å². The lowest BCUT2D eigenvalue weighted by Crippen LogP contribution is -2.55. The van der Waals surface area contributed by atoms with Gasteiger partial charge in [-0.3, -0.25) is 0 Å². The lowest BCUT2D eigenvalue weighted by Gasteiger charge is -2.39. The van der Waals surface area contributed by atoms with E-state index in [1.807, 2.05) is 44.9 Å². The van der Waals surface area contributed by atoms with Gasteiger partial charge in [0.1, 0.15) is 16.3 Å². The Hall–Kier alpha value is -2.28. The van der Waals surface area contributed by atoms with Crippen LogP contribution >= 0.6 is 11.6 Å². The van der Waals surface area contributed by atoms with Crippen molar-refractivity contribution in [3.05, 3.63) is 35.3 Å². The highest BCUT2D eigenvalue weighted by atomic mass is 35.5. The molecule has 26 heavy (non-hydrogen) atoms. The number of nitrogens with one attached hydrogen (secondary N) is 1. The van der Waals surface area contributed by atoms with Gasteiger partial charge in [-0.1, -0.05) is 17.7 Å². The number of methoxy groups -OCH3 is 1. The predicted octanol–water partition coefficient (Wildman–Crippen LogP) is 3.53. The van der Waals surface area contributed by atoms with Gasteiger partial charge in [-0.25, -0.2) is 14.6 Å². The van der Waals surface area contributed by atoms with Crippen molar-refractivity contribution in [2.24, 2.45) is 0 Å². The van der Waals surface area contributed by atoms with Crippen molar-refractivity contribution in [2.45, 2.75) is 45.3 Å². The maximum absolute atomic E-state index is 12.2. The van der Waals surface area contributed by atoms with Gasteiger partial charge in [-0.2, -0.15) is 0 Å². The number of pyridine rings is 1. The summed E-state index contributed by atoms with van der Waals surface area (Å²) in [4.78, 5) is 30.0. The van der Waals surface area contributed by atoms with Gasteiger partial charge in [0.2, 0.25) is 0 Å². The van der Waals surface area contributed by atoms with Crippen LogP contribution in [0.5, 0.6) is 0 Å². The smallest absolute Gasteiger partial charge is 0.408 e. The average molecular weight is 382 g/mol. The zero-order valence-electron chi connectivity index (χ0n) is 15.6. The molecule has 0 unspecified atom stereocenters. The summed E-state index contributed by atoms with van der Waals surface area (Å²) in [5.74, 6) is -0.509. The number of amides is 1. The molecule has 1 amide bonds. The molecule has 1 aliphatic heterocycles. The molecule has 2 heterocycles. The summed E-state index contributed by atoms with van der Waals surface area (Å²) in [6.07, 6.45) is 5.27. The van der Waals surface area contributed by atoms with Gasteiger partial charge in [-0.05, 0) is 34.1 Å². The van der Waals surface area contributed by atoms with Gasteiger partial charge in [0.15, 0.2) is 0 Å². The zero-order chi connectivity index (χ0) is 19.5. The van der Waals surface area contributed by atoms with Gasteiger partial charge in [0.05, 0.1) is 18.3 Å². The highest BCUT2D eigenvalue weighted by Gasteiger charge is 2.33. The SMILES string of the molecule is COC(=O)c1cnc(Cl)cc1N1C=CC[C@](C)(NC(=O)OC(C)(C)C)C1. The summed E-state index contributed by atoms with van der Waals surface area (Å²) >= 11 is 6.01. The quantitative estimate of drug-likeness (QED) is 0.637. The number of nitrogens with zero attached hydrogens (tertiary/aromatic N) is 2. The molecule has 2 rings (SSSR count). The normalized spacial score (nSPS) is 19.8. The van der Waals surface area contributed by atoms with Crippen LogP contribution < -0.4 is 10.2 Å². The molecule has 1 aromatic heterocycles. The molecule has 1 atom stereocenters. The van der Waals surface area contributed by atoms with Crippen molar-refractivity contribution in [1.82, 2.24) is 10.3 Å². The predicted molar refractivity (Wildman–Crippen MR) is 99.5 cm³/mol. The molecule has 0 saturated carbocycles. The van der Waals surface area contributed by atoms with Crippen LogP contribution in [0.4, 0.5) is 10.5 Å². The Labute approximate surface area is 158 Å². The third kappa shape index (κ3) is 5.11. The fraction of sp³-hybridized carbons (Fsp3) is 0.500. The molecule has 0 radical (unpaired) electrons. The molecule has 0 bridgehead atoms. The molecule has 7 nitrogen and oxygen atoms in total. The molecule has 8 heteroatoms. The Morgan fingerprint density at radius 2 is 2.08 bits per heavy atom. The van der Waals surface area contributed by atoms with Crippen LogP contribution in [0.3, 0.4) is 0 Å². The summed E-state index contributed by atoms with van der Waals surface area (Å²) in [5, 5.41) is 3.17. The number of alkyl carbamates (subject to hydrolysis) is 1. The van der Waals surface area contributed by atoms with Crippen LogP contribution in [-0.4, -0.2) is 41.8 Å². The van der Waals surface area contributed by atoms with Gasteiger partial charge < -0.3 is 19.7 Å². The van der Waals surface area contributed by atoms with Gasteiger partial charge in [0, 0.05) is 25.0 Å². The highest BCUT2D eigenvalue weighted by Crippen LogP contribution is 2.29. The molecule has 0 fully saturated rings. The second kappa shape index (κ2) is 7.53. The molecule has 1 aromatic rings. The molecule has 0 aliphatic carbocycles. The third-order valence-electron chi connectivity index (χ3n) is 3.74. The Morgan fingerprint density at radius 1 is 1.38 bits per heavy atom. The van der Waals surface area contributed by atoms with Gasteiger partial charge >= 0.3 is 12.1 Å². The number of halogens is 1. The van der Waals surface area contributed by atoms with E-state index in [1.165, 1.54) is 13.3 Å². The minimum atomic E-state index is -0.583. The first-order valence-corrected chi connectivity index (χ1v) is 8.59. The van der Waals surface area contributed by atoms with Crippen LogP contribution in [0.25, 0.3) is 0 Å². The molecule has 1 aliphatic rings. The summed E-state index contributed by atoms with van der Waals surface area (Å²) in [5.41, 5.74) is -0.310. The fourth-order valence-electron chi connectivity index (χ4n) is 2.66. The second-order valence-electron chi connectivity index (χ2n) is 7.42. The van der Waals surface area contributed by atoms with E-state index in [-0.39, 0.29) is 5.15 Å². The lowest BCUT2D eigenvalue weighted by molar-refractivity contribution is 0.0465. The number of hydrogen-bond acceptors (Lipinski definition) is 6. The van der Waals surface area contributed by atoms with E-state index in [0.717, 1.165) is 0 Å². The maximum Gasteiger partial charge on any atom is 0.408 e. The summed E-state index contributed by atoms with van der Waals surface area (Å²) in [6.45, 7) is 7.76. The van der Waals surface area contributed by atoms with Crippen molar-refractivity contribution in [3.8, 4) is 0 Å². The Bertz CT molecular complexity index is 730. The van der Waals surface area contributed by atoms with E-state index in [2.05, 4.69) is 10.3 Å². The minimum Gasteiger partial charge on any atom is -0.465 e. The number of esters is 1. The monoisotopic (exact) mass is 381 g/mol. The van der Waals surface area contributed by atoms with Crippen LogP contribution in [-0.2, 0) is 9.47 Å². The molecule has 142 valence electrons. The third-order valence-corrected chi connectivity index (χ3v) is 3.95. The van der Waals surface area contributed by atoms with E-state index in [1.54, 1.807) is 6.07 Å². The van der Waals surface area contributed by atoms with Crippen LogP contribution in [0, 0.1) is 0 Å². The van der Waals surface area contributed by atoms with Crippen LogP contribution in [0.15, 0.2) is 24.5 Å². The number of carbonyl (C=O) groups is 2. The standard InChI is InChI=1S/C18H24ClN3O4/c1-17(2,3)26-16(24)21-18(4)7-6-8-22(11-18)13-9-14(19)20-10-12(13)15(23)25-5/h6,8-10H,7,11H2,1-5H3,(H,21,24)/t18-/m0/s1. The van der Waals surface area contributed by atoms with E-state index in [0.29, 0.717) is 24.2 Å². The number of aromatic nitrogens is 1. The summed E-state index contributed by atoms with van der Waals surface area (Å²) in [6, 6.07) is 1.59. The second-order valence-corrected chi connectivity index (χ2v) is 7.81. The van der Waals surface area contributed by atoms with Gasteiger partial charge in [-0.15, -0.1) is 0 Å². The van der Waals surface area contributed by atoms with E-state index in [9.17, 15) is 9.59 Å². The average Bonchev–Trinajstić information content (AvgIpc) is 2.51. The van der Waals surface area contributed by atoms with Crippen LogP contribution in [0.1, 0.15) is 44.5 Å². The van der Waals surface area contributed by atoms with Gasteiger partial charge in [0.25, 0.3) is 0 Å². The molecule has 1 N–H and O–H groups in total. The first kappa shape index (κ1) is 20.0. The van der Waals surface area contributed by atoms with E-state index < -0.39 is 23.2 Å². The Morgan fingerprint density at radius 3 is 2.69 bits per heavy atom. The molecule has 0 aromatic carbocycles. The fourth-order valence-corrected chi connectivity index (χ4v) is 2.82. The van der Waals surface area contributed by atoms with Crippen molar-refractivity contribution in [1.29, 1.82) is 0 Å². The van der Waals surface area contributed by atoms with Crippen molar-refractivity contribution in [2.75, 3.05) is 18.6 Å². The minimum absolute atomic E-state index is 0.258. The summed E-state index contributed by atoms with van der Waals surface area (Å²) in [7, 11) is 1.31. The Balaban J connectivity index is 2.24. The maximum atomic E-state index is 12.2. The summed E-state index contributed by atoms with van der Waals surface area (Å²) < 4.78 is 10.2. The van der Waals surface area contributed by atoms with Crippen molar-refractivity contribution in [3.63, 3.8) is 0 Å². The number of anilines is 1. The first-order valence-electron chi connectivity index (χ1n) is 8.21. The topological polar surface area (TPSA) is 80.8 Å². The van der Waals surface area contributed by atoms with E-state index >= 15 is 0 Å². The molecular formula is C18H24ClN3O4. The number of rotatable bonds is 3. The lowest BCUT2D eigenvalue weighted by atomic mass is 9.94. The van der Waals surface area contributed by atoms with E-state index in [4.69, 9.17) is 21.1 Å². The first-order chi connectivity index (χ1) is 12.0. The number of hydrogen-bond donors (Lipinski definition) is 1. The molecular weight excluding hydrogens is 358 g/mol. The zero-order valence-corrected chi connectivity index (χ0v) is 16.4. The molecule has 0 spiro atoms. The Kier molecular flexibility index (Phi) is 5.81. The molecule has 0 saturated heterocycles. The largest absolute Gasteiger partial charge is 0.465 e. The van der Waals surface area contributed by atoms with Crippen molar-refractivity contribution >= 4 is 29.4 Å². The number of ether oxygens (including phenoxy) is 2. The van der Waals surface area contributed by atoms with Crippen molar-refractivity contribution < 1.29 is 19.1 Å².